The standard InChI is InChI=1S/C15H23N3O2/c1-20-13-7-5-6-12(10-13)17-14(19)18-15(11-16)8-3-2-4-9-15/h5-7,10H,2-4,8-9,11,16H2,1H3,(H2,17,18,19). The van der Waals surface area contributed by atoms with Gasteiger partial charge in [0.25, 0.3) is 0 Å². The third kappa shape index (κ3) is 3.63. The number of carbonyl (C=O) groups is 1. The molecule has 1 aromatic rings. The number of anilines is 1. The summed E-state index contributed by atoms with van der Waals surface area (Å²) in [6.07, 6.45) is 5.37. The van der Waals surface area contributed by atoms with E-state index in [2.05, 4.69) is 10.6 Å². The lowest BCUT2D eigenvalue weighted by atomic mass is 9.82. The van der Waals surface area contributed by atoms with Gasteiger partial charge in [0.2, 0.25) is 0 Å². The molecule has 4 N–H and O–H groups in total. The monoisotopic (exact) mass is 277 g/mol. The molecule has 5 heteroatoms. The lowest BCUT2D eigenvalue weighted by Crippen LogP contribution is -2.55. The van der Waals surface area contributed by atoms with E-state index in [1.165, 1.54) is 6.42 Å². The van der Waals surface area contributed by atoms with Crippen molar-refractivity contribution in [3.8, 4) is 5.75 Å². The van der Waals surface area contributed by atoms with Crippen molar-refractivity contribution in [2.24, 2.45) is 5.73 Å². The fraction of sp³-hybridized carbons (Fsp3) is 0.533. The molecule has 0 saturated heterocycles. The second kappa shape index (κ2) is 6.61. The van der Waals surface area contributed by atoms with Gasteiger partial charge in [-0.05, 0) is 25.0 Å². The molecule has 0 aromatic heterocycles. The van der Waals surface area contributed by atoms with E-state index in [1.807, 2.05) is 18.2 Å². The van der Waals surface area contributed by atoms with Gasteiger partial charge in [0.1, 0.15) is 5.75 Å². The number of nitrogens with one attached hydrogen (secondary N) is 2. The first-order chi connectivity index (χ1) is 9.67. The minimum absolute atomic E-state index is 0.203. The van der Waals surface area contributed by atoms with E-state index in [0.717, 1.165) is 25.7 Å². The fourth-order valence-corrected chi connectivity index (χ4v) is 2.71. The van der Waals surface area contributed by atoms with Gasteiger partial charge in [-0.15, -0.1) is 0 Å². The zero-order valence-electron chi connectivity index (χ0n) is 11.9. The lowest BCUT2D eigenvalue weighted by Gasteiger charge is -2.37. The van der Waals surface area contributed by atoms with Crippen LogP contribution in [0.4, 0.5) is 10.5 Å². The quantitative estimate of drug-likeness (QED) is 0.791. The molecule has 1 aliphatic rings. The molecule has 2 rings (SSSR count). The van der Waals surface area contributed by atoms with Crippen molar-refractivity contribution in [3.63, 3.8) is 0 Å². The maximum absolute atomic E-state index is 12.1. The molecule has 1 aromatic carbocycles. The van der Waals surface area contributed by atoms with Crippen LogP contribution in [-0.2, 0) is 0 Å². The first-order valence-corrected chi connectivity index (χ1v) is 7.11. The van der Waals surface area contributed by atoms with Gasteiger partial charge in [0.15, 0.2) is 0 Å². The van der Waals surface area contributed by atoms with E-state index in [9.17, 15) is 4.79 Å². The first-order valence-electron chi connectivity index (χ1n) is 7.11. The second-order valence-electron chi connectivity index (χ2n) is 5.36. The summed E-state index contributed by atoms with van der Waals surface area (Å²) in [5.41, 5.74) is 6.33. The molecule has 20 heavy (non-hydrogen) atoms. The predicted octanol–water partition coefficient (Wildman–Crippen LogP) is 2.48. The Morgan fingerprint density at radius 1 is 1.35 bits per heavy atom. The van der Waals surface area contributed by atoms with Crippen molar-refractivity contribution in [1.82, 2.24) is 5.32 Å². The first kappa shape index (κ1) is 14.7. The Balaban J connectivity index is 1.97. The smallest absolute Gasteiger partial charge is 0.319 e. The summed E-state index contributed by atoms with van der Waals surface area (Å²) in [6.45, 7) is 0.485. The fourth-order valence-electron chi connectivity index (χ4n) is 2.71. The van der Waals surface area contributed by atoms with Crippen LogP contribution in [-0.4, -0.2) is 25.2 Å². The Morgan fingerprint density at radius 3 is 2.75 bits per heavy atom. The van der Waals surface area contributed by atoms with Gasteiger partial charge >= 0.3 is 6.03 Å². The number of ether oxygens (including phenoxy) is 1. The highest BCUT2D eigenvalue weighted by Gasteiger charge is 2.32. The minimum atomic E-state index is -0.249. The Labute approximate surface area is 119 Å². The normalized spacial score (nSPS) is 17.3. The largest absolute Gasteiger partial charge is 0.497 e. The molecule has 0 spiro atoms. The van der Waals surface area contributed by atoms with Crippen molar-refractivity contribution >= 4 is 11.7 Å². The number of carbonyl (C=O) groups excluding carboxylic acids is 1. The topological polar surface area (TPSA) is 76.4 Å². The van der Waals surface area contributed by atoms with Crippen molar-refractivity contribution in [2.75, 3.05) is 19.0 Å². The van der Waals surface area contributed by atoms with E-state index in [1.54, 1.807) is 13.2 Å². The van der Waals surface area contributed by atoms with Crippen LogP contribution < -0.4 is 21.1 Å². The van der Waals surface area contributed by atoms with Crippen LogP contribution in [0.25, 0.3) is 0 Å². The predicted molar refractivity (Wildman–Crippen MR) is 80.0 cm³/mol. The summed E-state index contributed by atoms with van der Waals surface area (Å²) in [4.78, 5) is 12.1. The molecule has 1 saturated carbocycles. The molecule has 0 aliphatic heterocycles. The molecular weight excluding hydrogens is 254 g/mol. The van der Waals surface area contributed by atoms with E-state index < -0.39 is 0 Å². The maximum Gasteiger partial charge on any atom is 0.319 e. The highest BCUT2D eigenvalue weighted by atomic mass is 16.5. The van der Waals surface area contributed by atoms with E-state index >= 15 is 0 Å². The number of nitrogens with two attached hydrogens (primary N) is 1. The van der Waals surface area contributed by atoms with Crippen LogP contribution >= 0.6 is 0 Å². The molecule has 2 amide bonds. The minimum Gasteiger partial charge on any atom is -0.497 e. The highest BCUT2D eigenvalue weighted by molar-refractivity contribution is 5.90. The highest BCUT2D eigenvalue weighted by Crippen LogP contribution is 2.27. The Bertz CT molecular complexity index is 456. The Kier molecular flexibility index (Phi) is 4.84. The molecule has 0 heterocycles. The van der Waals surface area contributed by atoms with Gasteiger partial charge in [0.05, 0.1) is 12.6 Å². The number of amides is 2. The summed E-state index contributed by atoms with van der Waals surface area (Å²) < 4.78 is 5.14. The molecule has 0 atom stereocenters. The van der Waals surface area contributed by atoms with Crippen LogP contribution in [0.15, 0.2) is 24.3 Å². The number of rotatable bonds is 4. The zero-order valence-corrected chi connectivity index (χ0v) is 11.9. The SMILES string of the molecule is COc1cccc(NC(=O)NC2(CN)CCCCC2)c1. The number of hydrogen-bond acceptors (Lipinski definition) is 3. The average molecular weight is 277 g/mol. The van der Waals surface area contributed by atoms with Gasteiger partial charge in [-0.3, -0.25) is 0 Å². The van der Waals surface area contributed by atoms with Crippen molar-refractivity contribution in [3.05, 3.63) is 24.3 Å². The molecule has 0 radical (unpaired) electrons. The lowest BCUT2D eigenvalue weighted by molar-refractivity contribution is 0.215. The van der Waals surface area contributed by atoms with Gasteiger partial charge in [-0.1, -0.05) is 25.3 Å². The maximum atomic E-state index is 12.1. The number of hydrogen-bond donors (Lipinski definition) is 3. The molecular formula is C15H23N3O2. The summed E-state index contributed by atoms with van der Waals surface area (Å²) >= 11 is 0. The summed E-state index contributed by atoms with van der Waals surface area (Å²) in [5.74, 6) is 0.717. The molecule has 0 unspecified atom stereocenters. The molecule has 1 aliphatic carbocycles. The van der Waals surface area contributed by atoms with Crippen molar-refractivity contribution in [2.45, 2.75) is 37.6 Å². The number of methoxy groups -OCH3 is 1. The molecule has 1 fully saturated rings. The summed E-state index contributed by atoms with van der Waals surface area (Å²) in [7, 11) is 1.60. The zero-order chi connectivity index (χ0) is 14.4. The second-order valence-corrected chi connectivity index (χ2v) is 5.36. The van der Waals surface area contributed by atoms with Crippen LogP contribution in [0.1, 0.15) is 32.1 Å². The molecule has 110 valence electrons. The van der Waals surface area contributed by atoms with Crippen molar-refractivity contribution in [1.29, 1.82) is 0 Å². The van der Waals surface area contributed by atoms with E-state index in [4.69, 9.17) is 10.5 Å². The van der Waals surface area contributed by atoms with Crippen LogP contribution in [0.5, 0.6) is 5.75 Å². The third-order valence-corrected chi connectivity index (χ3v) is 3.91. The summed E-state index contributed by atoms with van der Waals surface area (Å²) in [6, 6.07) is 7.10. The van der Waals surface area contributed by atoms with Crippen LogP contribution in [0, 0.1) is 0 Å². The van der Waals surface area contributed by atoms with E-state index in [0.29, 0.717) is 18.0 Å². The van der Waals surface area contributed by atoms with Gasteiger partial charge in [-0.25, -0.2) is 4.79 Å². The van der Waals surface area contributed by atoms with Crippen LogP contribution in [0.2, 0.25) is 0 Å². The Hall–Kier alpha value is -1.75. The van der Waals surface area contributed by atoms with Crippen LogP contribution in [0.3, 0.4) is 0 Å². The Morgan fingerprint density at radius 2 is 2.10 bits per heavy atom. The average Bonchev–Trinajstić information content (AvgIpc) is 2.48. The number of urea groups is 1. The molecule has 5 nitrogen and oxygen atoms in total. The summed E-state index contributed by atoms with van der Waals surface area (Å²) in [5, 5.41) is 5.89. The molecule has 0 bridgehead atoms. The van der Waals surface area contributed by atoms with Gasteiger partial charge < -0.3 is 21.1 Å². The van der Waals surface area contributed by atoms with E-state index in [-0.39, 0.29) is 11.6 Å². The van der Waals surface area contributed by atoms with Crippen molar-refractivity contribution < 1.29 is 9.53 Å². The third-order valence-electron chi connectivity index (χ3n) is 3.91. The van der Waals surface area contributed by atoms with Gasteiger partial charge in [-0.2, -0.15) is 0 Å². The number of benzene rings is 1. The van der Waals surface area contributed by atoms with Gasteiger partial charge in [0, 0.05) is 18.3 Å².